The third kappa shape index (κ3) is 2.98. The molecule has 0 aliphatic carbocycles. The van der Waals surface area contributed by atoms with Crippen LogP contribution in [0.4, 0.5) is 5.82 Å². The van der Waals surface area contributed by atoms with Gasteiger partial charge in [0.25, 0.3) is 5.91 Å². The summed E-state index contributed by atoms with van der Waals surface area (Å²) in [5, 5.41) is 7.37. The number of nitrogens with one attached hydrogen (secondary N) is 1. The Morgan fingerprint density at radius 3 is 2.88 bits per heavy atom. The number of para-hydroxylation sites is 1. The van der Waals surface area contributed by atoms with Crippen LogP contribution in [0.15, 0.2) is 53.0 Å². The van der Waals surface area contributed by atoms with Crippen LogP contribution in [-0.4, -0.2) is 22.5 Å². The van der Waals surface area contributed by atoms with Crippen LogP contribution in [0.5, 0.6) is 11.5 Å². The van der Waals surface area contributed by atoms with Crippen LogP contribution < -0.4 is 14.8 Å². The zero-order valence-electron chi connectivity index (χ0n) is 13.3. The molecule has 2 heterocycles. The molecule has 0 fully saturated rings. The standard InChI is InChI=1S/C18H14BrN3O3/c1-11-8-16(22(21-11)13-5-2-4-12(19)9-13)20-18(23)14-6-3-7-15-17(14)25-10-24-15/h2-9H,10H2,1H3,(H,20,23). The fourth-order valence-corrected chi connectivity index (χ4v) is 3.07. The lowest BCUT2D eigenvalue weighted by atomic mass is 10.1. The molecule has 1 amide bonds. The average Bonchev–Trinajstić information content (AvgIpc) is 3.20. The molecule has 1 aromatic heterocycles. The molecule has 0 spiro atoms. The van der Waals surface area contributed by atoms with Crippen LogP contribution in [0.3, 0.4) is 0 Å². The maximum atomic E-state index is 12.7. The molecule has 7 heteroatoms. The third-order valence-electron chi connectivity index (χ3n) is 3.77. The molecule has 0 atom stereocenters. The number of nitrogens with zero attached hydrogens (tertiary/aromatic N) is 2. The minimum absolute atomic E-state index is 0.120. The second-order valence-electron chi connectivity index (χ2n) is 5.56. The third-order valence-corrected chi connectivity index (χ3v) is 4.26. The van der Waals surface area contributed by atoms with E-state index in [1.165, 1.54) is 0 Å². The number of ether oxygens (including phenoxy) is 2. The largest absolute Gasteiger partial charge is 0.454 e. The van der Waals surface area contributed by atoms with Gasteiger partial charge in [0.1, 0.15) is 5.82 Å². The summed E-state index contributed by atoms with van der Waals surface area (Å²) in [5.41, 5.74) is 2.07. The van der Waals surface area contributed by atoms with Gasteiger partial charge in [0, 0.05) is 10.5 Å². The number of aromatic nitrogens is 2. The van der Waals surface area contributed by atoms with Gasteiger partial charge in [0.2, 0.25) is 6.79 Å². The molecule has 6 nitrogen and oxygen atoms in total. The summed E-state index contributed by atoms with van der Waals surface area (Å²) in [4.78, 5) is 12.7. The molecule has 4 rings (SSSR count). The molecule has 0 bridgehead atoms. The van der Waals surface area contributed by atoms with Gasteiger partial charge in [-0.15, -0.1) is 0 Å². The number of anilines is 1. The lowest BCUT2D eigenvalue weighted by molar-refractivity contribution is 0.102. The Kier molecular flexibility index (Phi) is 3.93. The van der Waals surface area contributed by atoms with Gasteiger partial charge in [0.05, 0.1) is 16.9 Å². The molecule has 3 aromatic rings. The molecule has 0 unspecified atom stereocenters. The maximum Gasteiger partial charge on any atom is 0.260 e. The number of carbonyl (C=O) groups is 1. The van der Waals surface area contributed by atoms with Crippen molar-refractivity contribution in [3.63, 3.8) is 0 Å². The molecule has 2 aromatic carbocycles. The normalized spacial score (nSPS) is 12.2. The second kappa shape index (κ2) is 6.25. The minimum Gasteiger partial charge on any atom is -0.454 e. The van der Waals surface area contributed by atoms with E-state index in [2.05, 4.69) is 26.3 Å². The maximum absolute atomic E-state index is 12.7. The van der Waals surface area contributed by atoms with E-state index >= 15 is 0 Å². The van der Waals surface area contributed by atoms with Crippen molar-refractivity contribution in [3.8, 4) is 17.2 Å². The monoisotopic (exact) mass is 399 g/mol. The Morgan fingerprint density at radius 1 is 1.20 bits per heavy atom. The smallest absolute Gasteiger partial charge is 0.260 e. The number of benzene rings is 2. The van der Waals surface area contributed by atoms with E-state index in [9.17, 15) is 4.79 Å². The van der Waals surface area contributed by atoms with E-state index in [1.54, 1.807) is 22.9 Å². The molecular formula is C18H14BrN3O3. The zero-order chi connectivity index (χ0) is 17.4. The van der Waals surface area contributed by atoms with E-state index in [0.717, 1.165) is 15.9 Å². The Balaban J connectivity index is 1.68. The zero-order valence-corrected chi connectivity index (χ0v) is 14.9. The summed E-state index contributed by atoms with van der Waals surface area (Å²) < 4.78 is 13.4. The fraction of sp³-hybridized carbons (Fsp3) is 0.111. The highest BCUT2D eigenvalue weighted by atomic mass is 79.9. The van der Waals surface area contributed by atoms with Gasteiger partial charge in [-0.1, -0.05) is 28.1 Å². The number of hydrogen-bond donors (Lipinski definition) is 1. The molecule has 1 N–H and O–H groups in total. The number of amides is 1. The van der Waals surface area contributed by atoms with Gasteiger partial charge in [-0.25, -0.2) is 4.68 Å². The molecule has 126 valence electrons. The molecule has 1 aliphatic heterocycles. The van der Waals surface area contributed by atoms with Crippen LogP contribution in [0.1, 0.15) is 16.1 Å². The Bertz CT molecular complexity index is 968. The number of fused-ring (bicyclic) bond motifs is 1. The highest BCUT2D eigenvalue weighted by Crippen LogP contribution is 2.35. The molecular weight excluding hydrogens is 386 g/mol. The highest BCUT2D eigenvalue weighted by Gasteiger charge is 2.22. The predicted octanol–water partition coefficient (Wildman–Crippen LogP) is 3.92. The van der Waals surface area contributed by atoms with Crippen molar-refractivity contribution in [1.29, 1.82) is 0 Å². The van der Waals surface area contributed by atoms with Gasteiger partial charge >= 0.3 is 0 Å². The van der Waals surface area contributed by atoms with Gasteiger partial charge in [0.15, 0.2) is 11.5 Å². The quantitative estimate of drug-likeness (QED) is 0.724. The predicted molar refractivity (Wildman–Crippen MR) is 96.5 cm³/mol. The molecule has 1 aliphatic rings. The van der Waals surface area contributed by atoms with Gasteiger partial charge in [-0.3, -0.25) is 4.79 Å². The highest BCUT2D eigenvalue weighted by molar-refractivity contribution is 9.10. The summed E-state index contributed by atoms with van der Waals surface area (Å²) in [5.74, 6) is 1.34. The number of rotatable bonds is 3. The average molecular weight is 400 g/mol. The first kappa shape index (κ1) is 15.7. The minimum atomic E-state index is -0.279. The van der Waals surface area contributed by atoms with Crippen LogP contribution in [0.25, 0.3) is 5.69 Å². The topological polar surface area (TPSA) is 65.4 Å². The first-order valence-corrected chi connectivity index (χ1v) is 8.44. The molecule has 0 radical (unpaired) electrons. The van der Waals surface area contributed by atoms with Crippen LogP contribution >= 0.6 is 15.9 Å². The van der Waals surface area contributed by atoms with E-state index in [-0.39, 0.29) is 12.7 Å². The Hall–Kier alpha value is -2.80. The van der Waals surface area contributed by atoms with Crippen LogP contribution in [-0.2, 0) is 0 Å². The number of carbonyl (C=O) groups excluding carboxylic acids is 1. The SMILES string of the molecule is Cc1cc(NC(=O)c2cccc3c2OCO3)n(-c2cccc(Br)c2)n1. The van der Waals surface area contributed by atoms with Crippen molar-refractivity contribution in [2.24, 2.45) is 0 Å². The van der Waals surface area contributed by atoms with Crippen molar-refractivity contribution >= 4 is 27.7 Å². The lowest BCUT2D eigenvalue weighted by Crippen LogP contribution is -2.15. The van der Waals surface area contributed by atoms with Gasteiger partial charge < -0.3 is 14.8 Å². The first-order valence-electron chi connectivity index (χ1n) is 7.64. The van der Waals surface area contributed by atoms with E-state index in [4.69, 9.17) is 9.47 Å². The van der Waals surface area contributed by atoms with Gasteiger partial charge in [-0.2, -0.15) is 5.10 Å². The summed E-state index contributed by atoms with van der Waals surface area (Å²) in [6, 6.07) is 14.8. The van der Waals surface area contributed by atoms with E-state index in [1.807, 2.05) is 37.3 Å². The number of aryl methyl sites for hydroxylation is 1. The lowest BCUT2D eigenvalue weighted by Gasteiger charge is -2.10. The van der Waals surface area contributed by atoms with Crippen molar-refractivity contribution < 1.29 is 14.3 Å². The number of halogens is 1. The molecule has 0 saturated heterocycles. The fourth-order valence-electron chi connectivity index (χ4n) is 2.69. The van der Waals surface area contributed by atoms with Gasteiger partial charge in [-0.05, 0) is 37.3 Å². The summed E-state index contributed by atoms with van der Waals surface area (Å²) >= 11 is 3.45. The number of hydrogen-bond acceptors (Lipinski definition) is 4. The Morgan fingerprint density at radius 2 is 2.04 bits per heavy atom. The second-order valence-corrected chi connectivity index (χ2v) is 6.47. The Labute approximate surface area is 152 Å². The summed E-state index contributed by atoms with van der Waals surface area (Å²) in [7, 11) is 0. The molecule has 25 heavy (non-hydrogen) atoms. The summed E-state index contributed by atoms with van der Waals surface area (Å²) in [6.45, 7) is 2.00. The van der Waals surface area contributed by atoms with Crippen molar-refractivity contribution in [1.82, 2.24) is 9.78 Å². The molecule has 0 saturated carbocycles. The van der Waals surface area contributed by atoms with Crippen molar-refractivity contribution in [3.05, 3.63) is 64.3 Å². The van der Waals surface area contributed by atoms with E-state index < -0.39 is 0 Å². The van der Waals surface area contributed by atoms with Crippen LogP contribution in [0.2, 0.25) is 0 Å². The van der Waals surface area contributed by atoms with Crippen molar-refractivity contribution in [2.45, 2.75) is 6.92 Å². The van der Waals surface area contributed by atoms with Crippen LogP contribution in [0, 0.1) is 6.92 Å². The summed E-state index contributed by atoms with van der Waals surface area (Å²) in [6.07, 6.45) is 0. The van der Waals surface area contributed by atoms with Crippen molar-refractivity contribution in [2.75, 3.05) is 12.1 Å². The van der Waals surface area contributed by atoms with E-state index in [0.29, 0.717) is 22.9 Å². The first-order chi connectivity index (χ1) is 12.1.